The molecule has 3 aliphatic heterocycles. The first-order chi connectivity index (χ1) is 13.1. The van der Waals surface area contributed by atoms with E-state index in [9.17, 15) is 23.2 Å². The first-order valence-corrected chi connectivity index (χ1v) is 9.10. The average Bonchev–Trinajstić information content (AvgIpc) is 2.52. The summed E-state index contributed by atoms with van der Waals surface area (Å²) in [5, 5.41) is 18.2. The van der Waals surface area contributed by atoms with Crippen molar-refractivity contribution in [2.45, 2.75) is 25.6 Å². The van der Waals surface area contributed by atoms with Crippen molar-refractivity contribution >= 4 is 17.6 Å². The summed E-state index contributed by atoms with van der Waals surface area (Å²) < 4.78 is 40.8. The molecule has 3 fully saturated rings. The molecular weight excluding hydrogens is 375 g/mol. The van der Waals surface area contributed by atoms with Gasteiger partial charge in [-0.3, -0.25) is 9.69 Å². The Labute approximate surface area is 160 Å². The Balaban J connectivity index is 1.58. The first-order valence-electron chi connectivity index (χ1n) is 9.10. The molecule has 1 aromatic rings. The van der Waals surface area contributed by atoms with Crippen LogP contribution in [0, 0.1) is 16.7 Å². The van der Waals surface area contributed by atoms with Gasteiger partial charge in [0.05, 0.1) is 12.1 Å². The quantitative estimate of drug-likeness (QED) is 0.832. The smallest absolute Gasteiger partial charge is 0.417 e. The summed E-state index contributed by atoms with van der Waals surface area (Å²) in [7, 11) is 0. The second-order valence-electron chi connectivity index (χ2n) is 8.06. The van der Waals surface area contributed by atoms with Crippen LogP contribution in [0.4, 0.5) is 24.8 Å². The van der Waals surface area contributed by atoms with E-state index in [-0.39, 0.29) is 29.6 Å². The second-order valence-corrected chi connectivity index (χ2v) is 8.06. The third-order valence-corrected chi connectivity index (χ3v) is 5.85. The highest BCUT2D eigenvalue weighted by Crippen LogP contribution is 2.44. The molecule has 3 saturated heterocycles. The Kier molecular flexibility index (Phi) is 4.19. The van der Waals surface area contributed by atoms with Crippen molar-refractivity contribution in [2.75, 3.05) is 49.1 Å². The molecule has 0 aliphatic carbocycles. The van der Waals surface area contributed by atoms with E-state index in [1.54, 1.807) is 20.8 Å². The van der Waals surface area contributed by atoms with Crippen molar-refractivity contribution in [2.24, 2.45) is 5.41 Å². The van der Waals surface area contributed by atoms with Gasteiger partial charge in [-0.2, -0.15) is 18.4 Å². The van der Waals surface area contributed by atoms with Gasteiger partial charge < -0.3 is 14.9 Å². The average molecular weight is 395 g/mol. The SMILES string of the molecule is CC1CCN1c1nc(N2CC3(CN(CC(=O)O)C3)C2)cc(C(F)(F)F)c1C#N. The fraction of sp³-hybridized carbons (Fsp3) is 0.611. The molecule has 1 unspecified atom stereocenters. The highest BCUT2D eigenvalue weighted by molar-refractivity contribution is 5.69. The summed E-state index contributed by atoms with van der Waals surface area (Å²) >= 11 is 0. The minimum absolute atomic E-state index is 0.0217. The first kappa shape index (κ1) is 18.8. The number of halogens is 3. The Bertz CT molecular complexity index is 852. The van der Waals surface area contributed by atoms with Crippen molar-refractivity contribution < 1.29 is 23.1 Å². The summed E-state index contributed by atoms with van der Waals surface area (Å²) in [4.78, 5) is 20.5. The number of aliphatic carboxylic acids is 1. The Morgan fingerprint density at radius 2 is 2.07 bits per heavy atom. The number of carboxylic acid groups (broad SMARTS) is 1. The maximum Gasteiger partial charge on any atom is 0.417 e. The summed E-state index contributed by atoms with van der Waals surface area (Å²) in [5.41, 5.74) is -1.45. The van der Waals surface area contributed by atoms with Crippen LogP contribution in [0.2, 0.25) is 0 Å². The fourth-order valence-electron chi connectivity index (χ4n) is 4.38. The third-order valence-electron chi connectivity index (χ3n) is 5.85. The number of nitriles is 1. The molecule has 7 nitrogen and oxygen atoms in total. The van der Waals surface area contributed by atoms with Gasteiger partial charge in [-0.25, -0.2) is 4.98 Å². The molecule has 0 bridgehead atoms. The lowest BCUT2D eigenvalue weighted by molar-refractivity contribution is -0.142. The number of nitrogens with zero attached hydrogens (tertiary/aromatic N) is 5. The van der Waals surface area contributed by atoms with Crippen molar-refractivity contribution in [1.29, 1.82) is 5.26 Å². The molecule has 1 aromatic heterocycles. The van der Waals surface area contributed by atoms with Gasteiger partial charge in [0.15, 0.2) is 0 Å². The molecule has 3 aliphatic rings. The zero-order chi connectivity index (χ0) is 20.3. The number of rotatable bonds is 4. The fourth-order valence-corrected chi connectivity index (χ4v) is 4.38. The molecule has 0 amide bonds. The molecule has 0 saturated carbocycles. The lowest BCUT2D eigenvalue weighted by Crippen LogP contribution is -2.72. The zero-order valence-corrected chi connectivity index (χ0v) is 15.3. The van der Waals surface area contributed by atoms with E-state index < -0.39 is 23.3 Å². The van der Waals surface area contributed by atoms with Gasteiger partial charge in [0, 0.05) is 44.2 Å². The molecule has 0 radical (unpaired) electrons. The normalized spacial score (nSPS) is 23.6. The van der Waals surface area contributed by atoms with E-state index in [1.165, 1.54) is 0 Å². The number of anilines is 2. The number of pyridine rings is 1. The molecule has 10 heteroatoms. The van der Waals surface area contributed by atoms with Crippen LogP contribution in [0.1, 0.15) is 24.5 Å². The maximum atomic E-state index is 13.6. The van der Waals surface area contributed by atoms with Crippen molar-refractivity contribution in [3.05, 3.63) is 17.2 Å². The van der Waals surface area contributed by atoms with Crippen LogP contribution >= 0.6 is 0 Å². The molecule has 1 spiro atoms. The van der Waals surface area contributed by atoms with Crippen LogP contribution in [-0.2, 0) is 11.0 Å². The van der Waals surface area contributed by atoms with Crippen LogP contribution in [0.25, 0.3) is 0 Å². The van der Waals surface area contributed by atoms with E-state index in [2.05, 4.69) is 4.98 Å². The summed E-state index contributed by atoms with van der Waals surface area (Å²) in [6.07, 6.45) is -3.78. The van der Waals surface area contributed by atoms with Crippen molar-refractivity contribution in [1.82, 2.24) is 9.88 Å². The van der Waals surface area contributed by atoms with Crippen LogP contribution in [0.3, 0.4) is 0 Å². The third kappa shape index (κ3) is 3.03. The monoisotopic (exact) mass is 395 g/mol. The molecule has 4 heterocycles. The lowest BCUT2D eigenvalue weighted by Gasteiger charge is -2.60. The number of aromatic nitrogens is 1. The Morgan fingerprint density at radius 3 is 2.54 bits per heavy atom. The van der Waals surface area contributed by atoms with Gasteiger partial charge >= 0.3 is 12.1 Å². The molecular formula is C18H20F3N5O2. The van der Waals surface area contributed by atoms with E-state index in [4.69, 9.17) is 5.11 Å². The largest absolute Gasteiger partial charge is 0.480 e. The standard InChI is InChI=1S/C18H20F3N5O2/c1-11-2-3-26(11)16-12(5-22)13(18(19,20)21)4-14(23-16)25-9-17(10-25)7-24(8-17)6-15(27)28/h4,11H,2-3,6-10H2,1H3,(H,27,28). The predicted molar refractivity (Wildman–Crippen MR) is 94.1 cm³/mol. The van der Waals surface area contributed by atoms with Crippen molar-refractivity contribution in [3.63, 3.8) is 0 Å². The summed E-state index contributed by atoms with van der Waals surface area (Å²) in [5.74, 6) is -0.557. The molecule has 0 aromatic carbocycles. The number of hydrogen-bond acceptors (Lipinski definition) is 6. The molecule has 150 valence electrons. The summed E-state index contributed by atoms with van der Waals surface area (Å²) in [6.45, 7) is 4.77. The highest BCUT2D eigenvalue weighted by atomic mass is 19.4. The van der Waals surface area contributed by atoms with Gasteiger partial charge in [0.2, 0.25) is 0 Å². The van der Waals surface area contributed by atoms with Crippen LogP contribution < -0.4 is 9.80 Å². The number of hydrogen-bond donors (Lipinski definition) is 1. The van der Waals surface area contributed by atoms with Crippen LogP contribution in [-0.4, -0.2) is 66.3 Å². The Hall–Kier alpha value is -2.54. The second kappa shape index (κ2) is 6.24. The van der Waals surface area contributed by atoms with Crippen LogP contribution in [0.15, 0.2) is 6.07 Å². The minimum atomic E-state index is -4.64. The van der Waals surface area contributed by atoms with E-state index in [0.717, 1.165) is 12.5 Å². The molecule has 4 rings (SSSR count). The minimum Gasteiger partial charge on any atom is -0.480 e. The van der Waals surface area contributed by atoms with Gasteiger partial charge in [-0.1, -0.05) is 0 Å². The van der Waals surface area contributed by atoms with Crippen LogP contribution in [0.5, 0.6) is 0 Å². The topological polar surface area (TPSA) is 83.7 Å². The number of alkyl halides is 3. The molecule has 28 heavy (non-hydrogen) atoms. The zero-order valence-electron chi connectivity index (χ0n) is 15.3. The predicted octanol–water partition coefficient (Wildman–Crippen LogP) is 1.78. The Morgan fingerprint density at radius 1 is 1.39 bits per heavy atom. The van der Waals surface area contributed by atoms with Gasteiger partial charge in [0.25, 0.3) is 0 Å². The number of carboxylic acids is 1. The molecule has 1 atom stereocenters. The maximum absolute atomic E-state index is 13.6. The van der Waals surface area contributed by atoms with Gasteiger partial charge in [-0.15, -0.1) is 0 Å². The number of carbonyl (C=O) groups is 1. The number of likely N-dealkylation sites (tertiary alicyclic amines) is 1. The van der Waals surface area contributed by atoms with Crippen molar-refractivity contribution in [3.8, 4) is 6.07 Å². The molecule has 1 N–H and O–H groups in total. The van der Waals surface area contributed by atoms with Gasteiger partial charge in [0.1, 0.15) is 23.3 Å². The van der Waals surface area contributed by atoms with E-state index >= 15 is 0 Å². The summed E-state index contributed by atoms with van der Waals surface area (Å²) in [6, 6.07) is 2.72. The highest BCUT2D eigenvalue weighted by Gasteiger charge is 2.52. The van der Waals surface area contributed by atoms with Gasteiger partial charge in [-0.05, 0) is 19.4 Å². The van der Waals surface area contributed by atoms with E-state index in [1.807, 2.05) is 6.92 Å². The van der Waals surface area contributed by atoms with E-state index in [0.29, 0.717) is 32.7 Å². The lowest BCUT2D eigenvalue weighted by atomic mass is 9.73.